The lowest BCUT2D eigenvalue weighted by Crippen LogP contribution is -2.29. The van der Waals surface area contributed by atoms with Gasteiger partial charge in [0.05, 0.1) is 18.5 Å². The van der Waals surface area contributed by atoms with E-state index in [2.05, 4.69) is 5.32 Å². The SMILES string of the molecule is Cc1ccc(CN(c2ccc(C(=O)Nc3ccc(Cl)cc3)cc2)S(C)(=O)=O)cc1. The molecule has 29 heavy (non-hydrogen) atoms. The minimum absolute atomic E-state index is 0.218. The normalized spacial score (nSPS) is 11.1. The number of nitrogens with one attached hydrogen (secondary N) is 1. The number of halogens is 1. The molecule has 3 aromatic rings. The van der Waals surface area contributed by atoms with Gasteiger partial charge < -0.3 is 5.32 Å². The van der Waals surface area contributed by atoms with Crippen LogP contribution in [0.25, 0.3) is 0 Å². The number of sulfonamides is 1. The van der Waals surface area contributed by atoms with Gasteiger partial charge in [-0.25, -0.2) is 8.42 Å². The molecule has 1 amide bonds. The number of benzene rings is 3. The second-order valence-corrected chi connectivity index (χ2v) is 9.11. The first kappa shape index (κ1) is 20.9. The highest BCUT2D eigenvalue weighted by Crippen LogP contribution is 2.22. The molecule has 0 aliphatic heterocycles. The molecule has 5 nitrogen and oxygen atoms in total. The molecule has 0 heterocycles. The third-order valence-corrected chi connectivity index (χ3v) is 5.76. The number of hydrogen-bond acceptors (Lipinski definition) is 3. The number of carbonyl (C=O) groups is 1. The zero-order valence-corrected chi connectivity index (χ0v) is 17.7. The van der Waals surface area contributed by atoms with E-state index in [0.29, 0.717) is 22.0 Å². The van der Waals surface area contributed by atoms with Crippen molar-refractivity contribution in [3.05, 3.63) is 94.5 Å². The summed E-state index contributed by atoms with van der Waals surface area (Å²) in [5.41, 5.74) is 3.53. The van der Waals surface area contributed by atoms with Crippen LogP contribution in [0.5, 0.6) is 0 Å². The number of rotatable bonds is 6. The third kappa shape index (κ3) is 5.59. The molecule has 0 radical (unpaired) electrons. The Balaban J connectivity index is 1.79. The largest absolute Gasteiger partial charge is 0.322 e. The number of amides is 1. The Bertz CT molecular complexity index is 1090. The second kappa shape index (κ2) is 8.68. The van der Waals surface area contributed by atoms with Crippen LogP contribution in [-0.2, 0) is 16.6 Å². The summed E-state index contributed by atoms with van der Waals surface area (Å²) in [6, 6.07) is 21.0. The van der Waals surface area contributed by atoms with Gasteiger partial charge in [0, 0.05) is 16.3 Å². The molecule has 0 bridgehead atoms. The smallest absolute Gasteiger partial charge is 0.255 e. The van der Waals surface area contributed by atoms with Crippen LogP contribution in [0, 0.1) is 6.92 Å². The van der Waals surface area contributed by atoms with E-state index in [9.17, 15) is 13.2 Å². The lowest BCUT2D eigenvalue weighted by atomic mass is 10.1. The van der Waals surface area contributed by atoms with Crippen LogP contribution in [0.1, 0.15) is 21.5 Å². The monoisotopic (exact) mass is 428 g/mol. The number of hydrogen-bond donors (Lipinski definition) is 1. The van der Waals surface area contributed by atoms with Crippen molar-refractivity contribution in [3.63, 3.8) is 0 Å². The number of nitrogens with zero attached hydrogens (tertiary/aromatic N) is 1. The van der Waals surface area contributed by atoms with Gasteiger partial charge in [0.15, 0.2) is 0 Å². The summed E-state index contributed by atoms with van der Waals surface area (Å²) < 4.78 is 26.0. The molecule has 0 saturated heterocycles. The number of aryl methyl sites for hydroxylation is 1. The zero-order chi connectivity index (χ0) is 21.0. The van der Waals surface area contributed by atoms with Crippen LogP contribution < -0.4 is 9.62 Å². The molecular formula is C22H21ClN2O3S. The van der Waals surface area contributed by atoms with E-state index in [4.69, 9.17) is 11.6 Å². The quantitative estimate of drug-likeness (QED) is 0.609. The Morgan fingerprint density at radius 2 is 1.52 bits per heavy atom. The van der Waals surface area contributed by atoms with Gasteiger partial charge in [-0.05, 0) is 61.0 Å². The molecule has 7 heteroatoms. The summed E-state index contributed by atoms with van der Waals surface area (Å²) in [6.45, 7) is 2.20. The first-order chi connectivity index (χ1) is 13.7. The van der Waals surface area contributed by atoms with E-state index in [1.54, 1.807) is 48.5 Å². The minimum atomic E-state index is -3.49. The Labute approximate surface area is 176 Å². The van der Waals surface area contributed by atoms with Gasteiger partial charge >= 0.3 is 0 Å². The minimum Gasteiger partial charge on any atom is -0.322 e. The molecule has 0 aliphatic carbocycles. The molecule has 0 aliphatic rings. The fourth-order valence-electron chi connectivity index (χ4n) is 2.77. The van der Waals surface area contributed by atoms with Gasteiger partial charge in [0.25, 0.3) is 5.91 Å². The van der Waals surface area contributed by atoms with Crippen molar-refractivity contribution in [1.29, 1.82) is 0 Å². The van der Waals surface area contributed by atoms with Crippen molar-refractivity contribution in [3.8, 4) is 0 Å². The molecule has 0 aromatic heterocycles. The van der Waals surface area contributed by atoms with E-state index >= 15 is 0 Å². The number of carbonyl (C=O) groups excluding carboxylic acids is 1. The van der Waals surface area contributed by atoms with E-state index in [1.165, 1.54) is 10.6 Å². The Hall–Kier alpha value is -2.83. The standard InChI is InChI=1S/C22H21ClN2O3S/c1-16-3-5-17(6-4-16)15-25(29(2,27)28)21-13-7-18(8-14-21)22(26)24-20-11-9-19(23)10-12-20/h3-14H,15H2,1-2H3,(H,24,26). The molecule has 0 fully saturated rings. The van der Waals surface area contributed by atoms with E-state index in [-0.39, 0.29) is 12.5 Å². The maximum absolute atomic E-state index is 12.4. The Kier molecular flexibility index (Phi) is 6.25. The van der Waals surface area contributed by atoms with Gasteiger partial charge in [-0.1, -0.05) is 41.4 Å². The zero-order valence-electron chi connectivity index (χ0n) is 16.1. The lowest BCUT2D eigenvalue weighted by Gasteiger charge is -2.23. The lowest BCUT2D eigenvalue weighted by molar-refractivity contribution is 0.102. The van der Waals surface area contributed by atoms with Crippen LogP contribution in [-0.4, -0.2) is 20.6 Å². The molecular weight excluding hydrogens is 408 g/mol. The topological polar surface area (TPSA) is 66.5 Å². The van der Waals surface area contributed by atoms with Crippen molar-refractivity contribution in [1.82, 2.24) is 0 Å². The third-order valence-electron chi connectivity index (χ3n) is 4.37. The predicted molar refractivity (Wildman–Crippen MR) is 118 cm³/mol. The first-order valence-corrected chi connectivity index (χ1v) is 11.2. The van der Waals surface area contributed by atoms with Crippen LogP contribution >= 0.6 is 11.6 Å². The van der Waals surface area contributed by atoms with E-state index in [1.807, 2.05) is 31.2 Å². The van der Waals surface area contributed by atoms with Crippen molar-refractivity contribution in [2.75, 3.05) is 15.9 Å². The highest BCUT2D eigenvalue weighted by Gasteiger charge is 2.18. The van der Waals surface area contributed by atoms with Gasteiger partial charge in [-0.15, -0.1) is 0 Å². The Morgan fingerprint density at radius 3 is 2.07 bits per heavy atom. The molecule has 0 spiro atoms. The molecule has 0 unspecified atom stereocenters. The average molecular weight is 429 g/mol. The second-order valence-electron chi connectivity index (χ2n) is 6.76. The van der Waals surface area contributed by atoms with Crippen LogP contribution in [0.2, 0.25) is 5.02 Å². The van der Waals surface area contributed by atoms with Gasteiger partial charge in [-0.2, -0.15) is 0 Å². The summed E-state index contributed by atoms with van der Waals surface area (Å²) in [5, 5.41) is 3.37. The molecule has 3 aromatic carbocycles. The highest BCUT2D eigenvalue weighted by molar-refractivity contribution is 7.92. The first-order valence-electron chi connectivity index (χ1n) is 8.92. The van der Waals surface area contributed by atoms with Crippen molar-refractivity contribution < 1.29 is 13.2 Å². The van der Waals surface area contributed by atoms with Gasteiger partial charge in [0.2, 0.25) is 10.0 Å². The van der Waals surface area contributed by atoms with Crippen LogP contribution in [0.15, 0.2) is 72.8 Å². The van der Waals surface area contributed by atoms with Crippen molar-refractivity contribution in [2.24, 2.45) is 0 Å². The van der Waals surface area contributed by atoms with Gasteiger partial charge in [0.1, 0.15) is 0 Å². The van der Waals surface area contributed by atoms with E-state index < -0.39 is 10.0 Å². The molecule has 150 valence electrons. The summed E-state index contributed by atoms with van der Waals surface area (Å²) in [6.07, 6.45) is 1.17. The molecule has 3 rings (SSSR count). The summed E-state index contributed by atoms with van der Waals surface area (Å²) in [4.78, 5) is 12.4. The fraction of sp³-hybridized carbons (Fsp3) is 0.136. The fourth-order valence-corrected chi connectivity index (χ4v) is 3.79. The van der Waals surface area contributed by atoms with Crippen LogP contribution in [0.3, 0.4) is 0 Å². The number of anilines is 2. The highest BCUT2D eigenvalue weighted by atomic mass is 35.5. The molecule has 0 atom stereocenters. The maximum atomic E-state index is 12.4. The van der Waals surface area contributed by atoms with E-state index in [0.717, 1.165) is 11.1 Å². The average Bonchev–Trinajstić information content (AvgIpc) is 2.68. The summed E-state index contributed by atoms with van der Waals surface area (Å²) in [7, 11) is -3.49. The Morgan fingerprint density at radius 1 is 0.931 bits per heavy atom. The maximum Gasteiger partial charge on any atom is 0.255 e. The van der Waals surface area contributed by atoms with Crippen LogP contribution in [0.4, 0.5) is 11.4 Å². The molecule has 1 N–H and O–H groups in total. The van der Waals surface area contributed by atoms with Crippen molar-refractivity contribution in [2.45, 2.75) is 13.5 Å². The predicted octanol–water partition coefficient (Wildman–Crippen LogP) is 4.87. The summed E-state index contributed by atoms with van der Waals surface area (Å²) in [5.74, 6) is -0.289. The van der Waals surface area contributed by atoms with Crippen molar-refractivity contribution >= 4 is 38.9 Å². The summed E-state index contributed by atoms with van der Waals surface area (Å²) >= 11 is 5.85. The van der Waals surface area contributed by atoms with Gasteiger partial charge in [-0.3, -0.25) is 9.10 Å². The molecule has 0 saturated carbocycles.